The molecule has 0 spiro atoms. The third-order valence-electron chi connectivity index (χ3n) is 11.0. The van der Waals surface area contributed by atoms with E-state index in [0.29, 0.717) is 59.8 Å². The topological polar surface area (TPSA) is 180 Å². The van der Waals surface area contributed by atoms with Crippen molar-refractivity contribution in [3.63, 3.8) is 0 Å². The van der Waals surface area contributed by atoms with Crippen molar-refractivity contribution in [2.75, 3.05) is 11.9 Å². The van der Waals surface area contributed by atoms with Crippen LogP contribution in [-0.4, -0.2) is 87.5 Å². The highest BCUT2D eigenvalue weighted by molar-refractivity contribution is 7.91. The summed E-state index contributed by atoms with van der Waals surface area (Å²) in [6.07, 6.45) is 8.40. The molecule has 8 rings (SSSR count). The maximum atomic E-state index is 14.6. The number of carbonyl (C=O) groups excluding carboxylic acids is 4. The number of allylic oxidation sites excluding steroid dienone is 1. The van der Waals surface area contributed by atoms with Gasteiger partial charge in [0.05, 0.1) is 24.0 Å². The number of thiazole rings is 1. The monoisotopic (exact) mass is 791 g/mol. The van der Waals surface area contributed by atoms with Crippen molar-refractivity contribution < 1.29 is 36.7 Å². The number of benzene rings is 1. The Kier molecular flexibility index (Phi) is 10.1. The molecule has 1 saturated heterocycles. The van der Waals surface area contributed by atoms with E-state index in [-0.39, 0.29) is 32.5 Å². The molecule has 5 atom stereocenters. The Morgan fingerprint density at radius 2 is 1.89 bits per heavy atom. The minimum absolute atomic E-state index is 0.0245. The van der Waals surface area contributed by atoms with Gasteiger partial charge < -0.3 is 20.3 Å². The molecule has 17 heteroatoms. The molecule has 1 aromatic carbocycles. The van der Waals surface area contributed by atoms with Crippen LogP contribution in [0.25, 0.3) is 11.4 Å². The molecule has 2 aromatic heterocycles. The van der Waals surface area contributed by atoms with E-state index in [4.69, 9.17) is 4.74 Å². The van der Waals surface area contributed by atoms with Crippen LogP contribution < -0.4 is 15.4 Å². The second-order valence-electron chi connectivity index (χ2n) is 14.9. The van der Waals surface area contributed by atoms with Gasteiger partial charge in [-0.05, 0) is 62.3 Å². The van der Waals surface area contributed by atoms with Crippen molar-refractivity contribution in [3.8, 4) is 11.4 Å². The Labute approximate surface area is 322 Å². The zero-order chi connectivity index (χ0) is 38.3. The lowest BCUT2D eigenvalue weighted by atomic mass is 10.1. The Bertz CT molecular complexity index is 2130. The molecule has 0 radical (unpaired) electrons. The number of pyridine rings is 1. The molecule has 290 valence electrons. The number of nitrogens with zero attached hydrogens (tertiary/aromatic N) is 4. The summed E-state index contributed by atoms with van der Waals surface area (Å²) >= 11 is 1.33. The number of hydrogen-bond donors (Lipinski definition) is 3. The first-order valence-corrected chi connectivity index (χ1v) is 21.1. The Hall–Kier alpha value is -4.90. The standard InChI is InChI=1S/C38H42FN7O7S2/c39-28-11-8-9-23-19-45(21-27(23)28)37(50)53-25-17-32-33(47)43-38(35(49)44-55(51,52)26-14-15-26)18-24(38)10-4-2-1-3-5-13-30(34(48)46(32)20-25)41-36-42-31(22-54-36)29-12-6-7-16-40-29/h4,6-12,16,22,24-26,30,32H,1-3,5,13-15,17-21H2,(H,41,42)(H,43,47)(H,44,49)/b10-4-/t24-,25-,30+,32+,38-/m1/s1. The first-order chi connectivity index (χ1) is 26.5. The summed E-state index contributed by atoms with van der Waals surface area (Å²) in [5, 5.41) is 7.86. The maximum absolute atomic E-state index is 14.6. The third-order valence-corrected chi connectivity index (χ3v) is 13.6. The SMILES string of the molecule is O=C1N[C@]2(C(=O)NS(=O)(=O)C3CC3)C[C@H]2/C=C\CCCCC[C@H](Nc2nc(-c3ccccn3)cs2)C(=O)N2C[C@H](OC(=O)N3Cc4cccc(F)c4C3)C[C@@H]12. The van der Waals surface area contributed by atoms with Gasteiger partial charge in [0.25, 0.3) is 5.91 Å². The Balaban J connectivity index is 1.06. The molecule has 0 unspecified atom stereocenters. The number of rotatable bonds is 7. The fourth-order valence-electron chi connectivity index (χ4n) is 7.70. The Morgan fingerprint density at radius 3 is 2.67 bits per heavy atom. The minimum Gasteiger partial charge on any atom is -0.444 e. The number of nitrogens with one attached hydrogen (secondary N) is 3. The summed E-state index contributed by atoms with van der Waals surface area (Å²) in [5.74, 6) is -2.72. The van der Waals surface area contributed by atoms with Gasteiger partial charge in [0.2, 0.25) is 21.8 Å². The third kappa shape index (κ3) is 7.81. The molecule has 3 aromatic rings. The molecule has 3 fully saturated rings. The zero-order valence-corrected chi connectivity index (χ0v) is 31.6. The second-order valence-corrected chi connectivity index (χ2v) is 17.8. The molecule has 2 aliphatic carbocycles. The molecule has 0 bridgehead atoms. The first-order valence-electron chi connectivity index (χ1n) is 18.7. The summed E-state index contributed by atoms with van der Waals surface area (Å²) < 4.78 is 48.2. The normalized spacial score (nSPS) is 27.4. The van der Waals surface area contributed by atoms with Gasteiger partial charge >= 0.3 is 6.09 Å². The lowest BCUT2D eigenvalue weighted by Crippen LogP contribution is -2.57. The molecule has 55 heavy (non-hydrogen) atoms. The van der Waals surface area contributed by atoms with Crippen molar-refractivity contribution in [2.45, 2.75) is 99.9 Å². The molecular weight excluding hydrogens is 750 g/mol. The van der Waals surface area contributed by atoms with Gasteiger partial charge in [0, 0.05) is 36.0 Å². The van der Waals surface area contributed by atoms with Crippen molar-refractivity contribution in [1.29, 1.82) is 0 Å². The van der Waals surface area contributed by atoms with Crippen LogP contribution in [0.4, 0.5) is 14.3 Å². The number of hydrogen-bond acceptors (Lipinski definition) is 11. The van der Waals surface area contributed by atoms with Crippen LogP contribution in [0.3, 0.4) is 0 Å². The average molecular weight is 792 g/mol. The van der Waals surface area contributed by atoms with E-state index >= 15 is 0 Å². The van der Waals surface area contributed by atoms with Crippen molar-refractivity contribution in [2.24, 2.45) is 5.92 Å². The van der Waals surface area contributed by atoms with Gasteiger partial charge in [-0.2, -0.15) is 0 Å². The number of fused-ring (bicyclic) bond motifs is 3. The molecule has 3 aliphatic heterocycles. The summed E-state index contributed by atoms with van der Waals surface area (Å²) in [6.45, 7) is 0.0736. The number of ether oxygens (including phenoxy) is 1. The van der Waals surface area contributed by atoms with E-state index < -0.39 is 74.5 Å². The van der Waals surface area contributed by atoms with Crippen molar-refractivity contribution in [1.82, 2.24) is 29.8 Å². The van der Waals surface area contributed by atoms with Crippen molar-refractivity contribution in [3.05, 3.63) is 77.1 Å². The van der Waals surface area contributed by atoms with E-state index in [1.165, 1.54) is 27.2 Å². The number of halogens is 1. The highest BCUT2D eigenvalue weighted by Crippen LogP contribution is 2.46. The van der Waals surface area contributed by atoms with Crippen LogP contribution >= 0.6 is 11.3 Å². The maximum Gasteiger partial charge on any atom is 0.410 e. The molecular formula is C38H42FN7O7S2. The average Bonchev–Trinajstić information content (AvgIpc) is 3.97. The fraction of sp³-hybridized carbons (Fsp3) is 0.474. The van der Waals surface area contributed by atoms with Crippen LogP contribution in [0, 0.1) is 11.7 Å². The number of aromatic nitrogens is 2. The predicted octanol–water partition coefficient (Wildman–Crippen LogP) is 4.25. The van der Waals surface area contributed by atoms with Crippen LogP contribution in [0.2, 0.25) is 0 Å². The molecule has 14 nitrogen and oxygen atoms in total. The summed E-state index contributed by atoms with van der Waals surface area (Å²) in [5.41, 5.74) is 0.888. The highest BCUT2D eigenvalue weighted by Gasteiger charge is 2.62. The lowest BCUT2D eigenvalue weighted by Gasteiger charge is -2.29. The van der Waals surface area contributed by atoms with Crippen LogP contribution in [0.5, 0.6) is 0 Å². The number of sulfonamides is 1. The van der Waals surface area contributed by atoms with E-state index in [9.17, 15) is 32.0 Å². The molecule has 5 aliphatic rings. The molecule has 5 heterocycles. The van der Waals surface area contributed by atoms with E-state index in [1.807, 2.05) is 35.7 Å². The molecule has 4 amide bonds. The van der Waals surface area contributed by atoms with Crippen molar-refractivity contribution >= 4 is 50.3 Å². The Morgan fingerprint density at radius 1 is 1.04 bits per heavy atom. The number of amides is 4. The van der Waals surface area contributed by atoms with E-state index in [0.717, 1.165) is 12.8 Å². The van der Waals surface area contributed by atoms with E-state index in [2.05, 4.69) is 25.3 Å². The molecule has 3 N–H and O–H groups in total. The quantitative estimate of drug-likeness (QED) is 0.293. The number of anilines is 1. The van der Waals surface area contributed by atoms with Crippen LogP contribution in [0.15, 0.2) is 60.1 Å². The first kappa shape index (κ1) is 37.0. The summed E-state index contributed by atoms with van der Waals surface area (Å²) in [4.78, 5) is 67.9. The molecule has 2 saturated carbocycles. The van der Waals surface area contributed by atoms with Crippen LogP contribution in [0.1, 0.15) is 68.9 Å². The summed E-state index contributed by atoms with van der Waals surface area (Å²) in [7, 11) is -3.91. The lowest BCUT2D eigenvalue weighted by molar-refractivity contribution is -0.140. The van der Waals surface area contributed by atoms with Gasteiger partial charge in [-0.15, -0.1) is 11.3 Å². The van der Waals surface area contributed by atoms with Gasteiger partial charge in [-0.25, -0.2) is 22.6 Å². The smallest absolute Gasteiger partial charge is 0.410 e. The zero-order valence-electron chi connectivity index (χ0n) is 30.0. The van der Waals surface area contributed by atoms with Gasteiger partial charge in [0.1, 0.15) is 35.2 Å². The minimum atomic E-state index is -3.91. The van der Waals surface area contributed by atoms with Crippen LogP contribution in [-0.2, 0) is 42.2 Å². The van der Waals surface area contributed by atoms with Gasteiger partial charge in [0.15, 0.2) is 5.13 Å². The predicted molar refractivity (Wildman–Crippen MR) is 200 cm³/mol. The second kappa shape index (κ2) is 15.0. The largest absolute Gasteiger partial charge is 0.444 e. The fourth-order valence-corrected chi connectivity index (χ4v) is 9.82. The van der Waals surface area contributed by atoms with Gasteiger partial charge in [-0.1, -0.05) is 43.2 Å². The van der Waals surface area contributed by atoms with E-state index in [1.54, 1.807) is 18.3 Å². The highest BCUT2D eigenvalue weighted by atomic mass is 32.2. The number of carbonyl (C=O) groups is 4. The van der Waals surface area contributed by atoms with Gasteiger partial charge in [-0.3, -0.25) is 29.0 Å². The summed E-state index contributed by atoms with van der Waals surface area (Å²) in [6, 6.07) is 8.24.